The van der Waals surface area contributed by atoms with Crippen LogP contribution in [-0.4, -0.2) is 32.2 Å². The van der Waals surface area contributed by atoms with Crippen molar-refractivity contribution in [3.8, 4) is 0 Å². The van der Waals surface area contributed by atoms with E-state index in [1.807, 2.05) is 0 Å². The summed E-state index contributed by atoms with van der Waals surface area (Å²) in [4.78, 5) is 0. The molecule has 0 bridgehead atoms. The van der Waals surface area contributed by atoms with E-state index in [2.05, 4.69) is 55.0 Å². The van der Waals surface area contributed by atoms with E-state index in [0.29, 0.717) is 0 Å². The summed E-state index contributed by atoms with van der Waals surface area (Å²) in [5.74, 6) is 0. The van der Waals surface area contributed by atoms with Crippen LogP contribution >= 0.6 is 7.47 Å². The lowest BCUT2D eigenvalue weighted by atomic mass is 10.4. The molecule has 2 rings (SSSR count). The van der Waals surface area contributed by atoms with Gasteiger partial charge in [0.2, 0.25) is 0 Å². The highest BCUT2D eigenvalue weighted by Crippen LogP contribution is 2.50. The summed E-state index contributed by atoms with van der Waals surface area (Å²) in [5, 5.41) is 1.61. The molecule has 1 aromatic carbocycles. The monoisotopic (exact) mass is 223 g/mol. The molecular formula is C11H18NPSi. The maximum atomic E-state index is 2.63. The molecule has 0 spiro atoms. The standard InChI is InChI=1S/C11H18NPSi/c1-12-9-10-13(14(12,2)3)11-7-5-4-6-8-11/h4-8H,9-10H2,1-3H3. The van der Waals surface area contributed by atoms with Crippen LogP contribution in [0.4, 0.5) is 0 Å². The van der Waals surface area contributed by atoms with Gasteiger partial charge in [-0.3, -0.25) is 0 Å². The topological polar surface area (TPSA) is 3.24 Å². The van der Waals surface area contributed by atoms with Crippen molar-refractivity contribution in [3.63, 3.8) is 0 Å². The first-order chi connectivity index (χ1) is 6.62. The Hall–Kier alpha value is -0.173. The average Bonchev–Trinajstić information content (AvgIpc) is 2.44. The largest absolute Gasteiger partial charge is 0.322 e. The van der Waals surface area contributed by atoms with E-state index in [0.717, 1.165) is 0 Å². The summed E-state index contributed by atoms with van der Waals surface area (Å²) in [7, 11) is 1.33. The third-order valence-corrected chi connectivity index (χ3v) is 14.7. The summed E-state index contributed by atoms with van der Waals surface area (Å²) in [6.45, 7) is 6.33. The Labute approximate surface area is 88.8 Å². The van der Waals surface area contributed by atoms with E-state index in [1.165, 1.54) is 12.7 Å². The fourth-order valence-corrected chi connectivity index (χ4v) is 11.6. The maximum absolute atomic E-state index is 2.63. The second kappa shape index (κ2) is 3.77. The quantitative estimate of drug-likeness (QED) is 0.522. The maximum Gasteiger partial charge on any atom is 0.153 e. The SMILES string of the molecule is CN1CCP(c2ccccc2)[Si]1(C)C. The van der Waals surface area contributed by atoms with Gasteiger partial charge < -0.3 is 4.57 Å². The van der Waals surface area contributed by atoms with Crippen LogP contribution in [0.15, 0.2) is 30.3 Å². The second-order valence-electron chi connectivity index (χ2n) is 4.40. The Morgan fingerprint density at radius 2 is 1.86 bits per heavy atom. The highest BCUT2D eigenvalue weighted by atomic mass is 31.4. The Bertz CT molecular complexity index is 312. The van der Waals surface area contributed by atoms with Crippen LogP contribution in [0.2, 0.25) is 13.1 Å². The predicted octanol–water partition coefficient (Wildman–Crippen LogP) is 2.44. The zero-order chi connectivity index (χ0) is 10.2. The first-order valence-corrected chi connectivity index (χ1v) is 10.5. The predicted molar refractivity (Wildman–Crippen MR) is 68.0 cm³/mol. The van der Waals surface area contributed by atoms with Crippen LogP contribution < -0.4 is 5.30 Å². The van der Waals surface area contributed by atoms with Crippen LogP contribution in [-0.2, 0) is 0 Å². The van der Waals surface area contributed by atoms with E-state index >= 15 is 0 Å². The lowest BCUT2D eigenvalue weighted by Gasteiger charge is -2.31. The molecule has 1 atom stereocenters. The highest BCUT2D eigenvalue weighted by molar-refractivity contribution is 7.99. The minimum atomic E-state index is -1.12. The summed E-state index contributed by atoms with van der Waals surface area (Å²) in [6.07, 6.45) is 1.41. The molecule has 14 heavy (non-hydrogen) atoms. The number of benzene rings is 1. The molecular weight excluding hydrogens is 205 g/mol. The normalized spacial score (nSPS) is 26.6. The van der Waals surface area contributed by atoms with Crippen molar-refractivity contribution in [2.45, 2.75) is 13.1 Å². The molecule has 3 heteroatoms. The van der Waals surface area contributed by atoms with E-state index in [1.54, 1.807) is 5.30 Å². The molecule has 1 heterocycles. The van der Waals surface area contributed by atoms with Crippen molar-refractivity contribution in [2.24, 2.45) is 0 Å². The van der Waals surface area contributed by atoms with E-state index in [-0.39, 0.29) is 7.47 Å². The smallest absolute Gasteiger partial charge is 0.153 e. The minimum Gasteiger partial charge on any atom is -0.322 e. The molecule has 0 aliphatic carbocycles. The first kappa shape index (κ1) is 10.3. The van der Waals surface area contributed by atoms with Gasteiger partial charge in [-0.25, -0.2) is 0 Å². The first-order valence-electron chi connectivity index (χ1n) is 5.16. The molecule has 1 saturated heterocycles. The third-order valence-electron chi connectivity index (χ3n) is 3.32. The van der Waals surface area contributed by atoms with Gasteiger partial charge in [-0.2, -0.15) is 0 Å². The molecule has 1 unspecified atom stereocenters. The van der Waals surface area contributed by atoms with Gasteiger partial charge in [0.15, 0.2) is 7.90 Å². The molecule has 1 aliphatic rings. The summed E-state index contributed by atoms with van der Waals surface area (Å²) in [6, 6.07) is 11.1. The van der Waals surface area contributed by atoms with Crippen LogP contribution in [0.5, 0.6) is 0 Å². The van der Waals surface area contributed by atoms with Crippen LogP contribution in [0.25, 0.3) is 0 Å². The molecule has 0 aromatic heterocycles. The number of hydrogen-bond donors (Lipinski definition) is 0. The van der Waals surface area contributed by atoms with Crippen molar-refractivity contribution in [2.75, 3.05) is 19.8 Å². The van der Waals surface area contributed by atoms with Crippen molar-refractivity contribution >= 4 is 20.7 Å². The van der Waals surface area contributed by atoms with Gasteiger partial charge in [-0.1, -0.05) is 50.9 Å². The highest BCUT2D eigenvalue weighted by Gasteiger charge is 2.41. The van der Waals surface area contributed by atoms with Crippen molar-refractivity contribution in [1.29, 1.82) is 0 Å². The Morgan fingerprint density at radius 3 is 2.36 bits per heavy atom. The lowest BCUT2D eigenvalue weighted by molar-refractivity contribution is 0.568. The summed E-state index contributed by atoms with van der Waals surface area (Å²) in [5.41, 5.74) is 0. The fraction of sp³-hybridized carbons (Fsp3) is 0.455. The second-order valence-corrected chi connectivity index (χ2v) is 14.9. The van der Waals surface area contributed by atoms with Gasteiger partial charge in [-0.15, -0.1) is 0 Å². The Kier molecular flexibility index (Phi) is 2.78. The van der Waals surface area contributed by atoms with Gasteiger partial charge in [0.05, 0.1) is 0 Å². The van der Waals surface area contributed by atoms with E-state index in [4.69, 9.17) is 0 Å². The molecule has 0 amide bonds. The molecule has 1 nitrogen and oxygen atoms in total. The molecule has 0 saturated carbocycles. The van der Waals surface area contributed by atoms with Crippen LogP contribution in [0, 0.1) is 0 Å². The molecule has 1 aliphatic heterocycles. The van der Waals surface area contributed by atoms with Crippen LogP contribution in [0.1, 0.15) is 0 Å². The zero-order valence-corrected chi connectivity index (χ0v) is 11.1. The Morgan fingerprint density at radius 1 is 1.21 bits per heavy atom. The van der Waals surface area contributed by atoms with Gasteiger partial charge >= 0.3 is 0 Å². The van der Waals surface area contributed by atoms with Crippen molar-refractivity contribution < 1.29 is 0 Å². The fourth-order valence-electron chi connectivity index (χ4n) is 2.06. The molecule has 0 radical (unpaired) electrons. The molecule has 1 aromatic rings. The minimum absolute atomic E-state index is 0.142. The van der Waals surface area contributed by atoms with Gasteiger partial charge in [-0.05, 0) is 25.1 Å². The summed E-state index contributed by atoms with van der Waals surface area (Å²) >= 11 is 0. The van der Waals surface area contributed by atoms with Crippen LogP contribution in [0.3, 0.4) is 0 Å². The van der Waals surface area contributed by atoms with Gasteiger partial charge in [0.25, 0.3) is 0 Å². The van der Waals surface area contributed by atoms with Crippen molar-refractivity contribution in [1.82, 2.24) is 4.57 Å². The zero-order valence-electron chi connectivity index (χ0n) is 9.20. The molecule has 76 valence electrons. The number of hydrogen-bond acceptors (Lipinski definition) is 1. The van der Waals surface area contributed by atoms with Crippen molar-refractivity contribution in [3.05, 3.63) is 30.3 Å². The number of nitrogens with zero attached hydrogens (tertiary/aromatic N) is 1. The van der Waals surface area contributed by atoms with Gasteiger partial charge in [0.1, 0.15) is 0 Å². The summed E-state index contributed by atoms with van der Waals surface area (Å²) < 4.78 is 2.63. The number of rotatable bonds is 1. The lowest BCUT2D eigenvalue weighted by Crippen LogP contribution is -2.40. The molecule has 1 fully saturated rings. The third kappa shape index (κ3) is 1.67. The van der Waals surface area contributed by atoms with E-state index in [9.17, 15) is 0 Å². The van der Waals surface area contributed by atoms with Gasteiger partial charge in [0, 0.05) is 0 Å². The Balaban J connectivity index is 2.29. The van der Waals surface area contributed by atoms with E-state index < -0.39 is 7.90 Å². The molecule has 0 N–H and O–H groups in total. The average molecular weight is 223 g/mol.